The maximum Gasteiger partial charge on any atom is 0.191 e. The van der Waals surface area contributed by atoms with E-state index in [9.17, 15) is 0 Å². The van der Waals surface area contributed by atoms with E-state index in [1.165, 1.54) is 5.56 Å². The number of pyridine rings is 1. The van der Waals surface area contributed by atoms with Gasteiger partial charge < -0.3 is 15.4 Å². The van der Waals surface area contributed by atoms with Gasteiger partial charge in [0, 0.05) is 31.7 Å². The van der Waals surface area contributed by atoms with Crippen LogP contribution in [0.25, 0.3) is 10.9 Å². The Labute approximate surface area is 177 Å². The molecular formula is C21H25IN4O. The summed E-state index contributed by atoms with van der Waals surface area (Å²) in [4.78, 5) is 8.79. The van der Waals surface area contributed by atoms with Gasteiger partial charge in [-0.2, -0.15) is 0 Å². The van der Waals surface area contributed by atoms with Crippen LogP contribution >= 0.6 is 24.0 Å². The zero-order valence-corrected chi connectivity index (χ0v) is 17.9. The molecule has 0 fully saturated rings. The van der Waals surface area contributed by atoms with Crippen LogP contribution in [0.1, 0.15) is 11.1 Å². The summed E-state index contributed by atoms with van der Waals surface area (Å²) in [6, 6.07) is 18.3. The Kier molecular flexibility index (Phi) is 8.32. The van der Waals surface area contributed by atoms with E-state index in [0.29, 0.717) is 6.54 Å². The molecule has 0 amide bonds. The number of ether oxygens (including phenoxy) is 1. The maximum absolute atomic E-state index is 5.39. The molecule has 0 saturated heterocycles. The monoisotopic (exact) mass is 476 g/mol. The van der Waals surface area contributed by atoms with Gasteiger partial charge in [-0.25, -0.2) is 0 Å². The fourth-order valence-corrected chi connectivity index (χ4v) is 2.93. The van der Waals surface area contributed by atoms with Crippen LogP contribution in [0.15, 0.2) is 65.8 Å². The van der Waals surface area contributed by atoms with Crippen LogP contribution in [0, 0.1) is 0 Å². The number of halogens is 1. The first kappa shape index (κ1) is 21.0. The summed E-state index contributed by atoms with van der Waals surface area (Å²) in [7, 11) is 3.48. The first-order chi connectivity index (χ1) is 12.8. The quantitative estimate of drug-likeness (QED) is 0.323. The molecular weight excluding hydrogens is 451 g/mol. The molecule has 0 saturated carbocycles. The van der Waals surface area contributed by atoms with Crippen molar-refractivity contribution in [2.45, 2.75) is 13.0 Å². The van der Waals surface area contributed by atoms with Crippen LogP contribution in [-0.4, -0.2) is 31.6 Å². The van der Waals surface area contributed by atoms with Gasteiger partial charge in [-0.3, -0.25) is 9.98 Å². The van der Waals surface area contributed by atoms with Gasteiger partial charge in [0.1, 0.15) is 5.75 Å². The second-order valence-electron chi connectivity index (χ2n) is 5.91. The van der Waals surface area contributed by atoms with E-state index >= 15 is 0 Å². The van der Waals surface area contributed by atoms with Gasteiger partial charge in [-0.1, -0.05) is 42.5 Å². The second-order valence-corrected chi connectivity index (χ2v) is 5.91. The van der Waals surface area contributed by atoms with E-state index in [-0.39, 0.29) is 24.0 Å². The number of guanidine groups is 1. The van der Waals surface area contributed by atoms with Gasteiger partial charge in [0.2, 0.25) is 0 Å². The van der Waals surface area contributed by atoms with Gasteiger partial charge in [-0.05, 0) is 29.7 Å². The standard InChI is InChI=1S/C21H24N4O.HI/c1-22-21(24-14-12-16-7-3-4-11-19(16)26-2)25-15-18-9-5-8-17-10-6-13-23-20(17)18;/h3-11,13H,12,14-15H2,1-2H3,(H2,22,24,25);1H. The van der Waals surface area contributed by atoms with Crippen molar-refractivity contribution in [3.8, 4) is 5.75 Å². The number of aliphatic imine (C=N–C) groups is 1. The Hall–Kier alpha value is -2.35. The van der Waals surface area contributed by atoms with Crippen molar-refractivity contribution in [1.82, 2.24) is 15.6 Å². The average Bonchev–Trinajstić information content (AvgIpc) is 2.70. The predicted octanol–water partition coefficient (Wildman–Crippen LogP) is 3.77. The smallest absolute Gasteiger partial charge is 0.191 e. The highest BCUT2D eigenvalue weighted by atomic mass is 127. The number of fused-ring (bicyclic) bond motifs is 1. The Morgan fingerprint density at radius 1 is 1.00 bits per heavy atom. The lowest BCUT2D eigenvalue weighted by Gasteiger charge is -2.14. The number of benzene rings is 2. The molecule has 5 nitrogen and oxygen atoms in total. The van der Waals surface area contributed by atoms with Gasteiger partial charge in [-0.15, -0.1) is 24.0 Å². The molecule has 0 atom stereocenters. The van der Waals surface area contributed by atoms with Gasteiger partial charge in [0.25, 0.3) is 0 Å². The molecule has 1 aromatic heterocycles. The van der Waals surface area contributed by atoms with Crippen LogP contribution < -0.4 is 15.4 Å². The topological polar surface area (TPSA) is 58.5 Å². The number of hydrogen-bond acceptors (Lipinski definition) is 3. The third-order valence-corrected chi connectivity index (χ3v) is 4.27. The minimum atomic E-state index is 0. The first-order valence-electron chi connectivity index (χ1n) is 8.71. The minimum absolute atomic E-state index is 0. The summed E-state index contributed by atoms with van der Waals surface area (Å²) in [5.74, 6) is 1.69. The van der Waals surface area contributed by atoms with E-state index in [2.05, 4.69) is 50.9 Å². The second kappa shape index (κ2) is 10.7. The van der Waals surface area contributed by atoms with E-state index in [0.717, 1.165) is 41.1 Å². The molecule has 142 valence electrons. The largest absolute Gasteiger partial charge is 0.496 e. The highest BCUT2D eigenvalue weighted by Crippen LogP contribution is 2.17. The highest BCUT2D eigenvalue weighted by molar-refractivity contribution is 14.0. The molecule has 0 unspecified atom stereocenters. The molecule has 0 aliphatic carbocycles. The lowest BCUT2D eigenvalue weighted by Crippen LogP contribution is -2.37. The Morgan fingerprint density at radius 3 is 2.59 bits per heavy atom. The number of aromatic nitrogens is 1. The lowest BCUT2D eigenvalue weighted by molar-refractivity contribution is 0.409. The molecule has 0 bridgehead atoms. The fraction of sp³-hybridized carbons (Fsp3) is 0.238. The van der Waals surface area contributed by atoms with E-state index in [4.69, 9.17) is 4.74 Å². The Balaban J connectivity index is 0.00000261. The van der Waals surface area contributed by atoms with E-state index in [1.54, 1.807) is 14.2 Å². The molecule has 0 radical (unpaired) electrons. The van der Waals surface area contributed by atoms with E-state index < -0.39 is 0 Å². The summed E-state index contributed by atoms with van der Waals surface area (Å²) in [6.07, 6.45) is 2.69. The molecule has 6 heteroatoms. The summed E-state index contributed by atoms with van der Waals surface area (Å²) in [5, 5.41) is 7.86. The molecule has 0 aliphatic rings. The lowest BCUT2D eigenvalue weighted by atomic mass is 10.1. The number of rotatable bonds is 6. The zero-order valence-electron chi connectivity index (χ0n) is 15.6. The number of hydrogen-bond donors (Lipinski definition) is 2. The molecule has 0 spiro atoms. The first-order valence-corrected chi connectivity index (χ1v) is 8.71. The van der Waals surface area contributed by atoms with Crippen molar-refractivity contribution in [2.75, 3.05) is 20.7 Å². The molecule has 3 aromatic rings. The number of nitrogens with zero attached hydrogens (tertiary/aromatic N) is 2. The predicted molar refractivity (Wildman–Crippen MR) is 122 cm³/mol. The number of nitrogens with one attached hydrogen (secondary N) is 2. The third-order valence-electron chi connectivity index (χ3n) is 4.27. The zero-order chi connectivity index (χ0) is 18.2. The normalized spacial score (nSPS) is 11.0. The average molecular weight is 476 g/mol. The van der Waals surface area contributed by atoms with Crippen molar-refractivity contribution in [3.63, 3.8) is 0 Å². The van der Waals surface area contributed by atoms with Crippen LogP contribution in [0.2, 0.25) is 0 Å². The summed E-state index contributed by atoms with van der Waals surface area (Å²) >= 11 is 0. The highest BCUT2D eigenvalue weighted by Gasteiger charge is 2.05. The van der Waals surface area contributed by atoms with Crippen molar-refractivity contribution >= 4 is 40.8 Å². The van der Waals surface area contributed by atoms with Crippen molar-refractivity contribution in [3.05, 3.63) is 71.9 Å². The minimum Gasteiger partial charge on any atom is -0.496 e. The van der Waals surface area contributed by atoms with Gasteiger partial charge >= 0.3 is 0 Å². The van der Waals surface area contributed by atoms with Gasteiger partial charge in [0.05, 0.1) is 12.6 Å². The molecule has 1 heterocycles. The fourth-order valence-electron chi connectivity index (χ4n) is 2.93. The Morgan fingerprint density at radius 2 is 1.78 bits per heavy atom. The van der Waals surface area contributed by atoms with E-state index in [1.807, 2.05) is 30.5 Å². The van der Waals surface area contributed by atoms with Crippen molar-refractivity contribution in [2.24, 2.45) is 4.99 Å². The molecule has 2 N–H and O–H groups in total. The summed E-state index contributed by atoms with van der Waals surface area (Å²) in [6.45, 7) is 1.44. The molecule has 0 aliphatic heterocycles. The SMILES string of the molecule is CN=C(NCCc1ccccc1OC)NCc1cccc2cccnc12.I. The maximum atomic E-state index is 5.39. The molecule has 3 rings (SSSR count). The van der Waals surface area contributed by atoms with Gasteiger partial charge in [0.15, 0.2) is 5.96 Å². The van der Waals surface area contributed by atoms with Crippen LogP contribution in [-0.2, 0) is 13.0 Å². The molecule has 27 heavy (non-hydrogen) atoms. The Bertz CT molecular complexity index is 893. The third kappa shape index (κ3) is 5.56. The van der Waals surface area contributed by atoms with Crippen LogP contribution in [0.4, 0.5) is 0 Å². The number of methoxy groups -OCH3 is 1. The van der Waals surface area contributed by atoms with Crippen LogP contribution in [0.5, 0.6) is 5.75 Å². The summed E-state index contributed by atoms with van der Waals surface area (Å²) in [5.41, 5.74) is 3.35. The molecule has 2 aromatic carbocycles. The van der Waals surface area contributed by atoms with Crippen LogP contribution in [0.3, 0.4) is 0 Å². The summed E-state index contributed by atoms with van der Waals surface area (Å²) < 4.78 is 5.39. The number of para-hydroxylation sites is 2. The van der Waals surface area contributed by atoms with Crippen molar-refractivity contribution in [1.29, 1.82) is 0 Å². The van der Waals surface area contributed by atoms with Crippen molar-refractivity contribution < 1.29 is 4.74 Å².